The van der Waals surface area contributed by atoms with Crippen molar-refractivity contribution in [3.63, 3.8) is 0 Å². The van der Waals surface area contributed by atoms with E-state index in [0.717, 1.165) is 23.2 Å². The Morgan fingerprint density at radius 3 is 2.88 bits per heavy atom. The minimum absolute atomic E-state index is 0.0659. The molecule has 0 unspecified atom stereocenters. The van der Waals surface area contributed by atoms with Crippen molar-refractivity contribution < 1.29 is 9.53 Å². The van der Waals surface area contributed by atoms with Crippen molar-refractivity contribution in [2.75, 3.05) is 20.2 Å². The lowest BCUT2D eigenvalue weighted by Crippen LogP contribution is -2.34. The monoisotopic (exact) mass is 328 g/mol. The van der Waals surface area contributed by atoms with Crippen LogP contribution in [0.15, 0.2) is 36.7 Å². The molecule has 2 atom stereocenters. The van der Waals surface area contributed by atoms with Gasteiger partial charge in [0, 0.05) is 45.9 Å². The number of aromatic nitrogens is 2. The predicted octanol–water partition coefficient (Wildman–Crippen LogP) is 1.19. The molecular formula is C18H24N4O2. The SMILES string of the molecule is COCc1ccccc1CNC(=O)[C@H]1CNC[C@@H]1c1cnn(C)c1. The van der Waals surface area contributed by atoms with E-state index in [-0.39, 0.29) is 17.7 Å². The largest absolute Gasteiger partial charge is 0.380 e. The molecule has 1 amide bonds. The fraction of sp³-hybridized carbons (Fsp3) is 0.444. The van der Waals surface area contributed by atoms with E-state index in [1.807, 2.05) is 43.7 Å². The smallest absolute Gasteiger partial charge is 0.225 e. The van der Waals surface area contributed by atoms with Gasteiger partial charge in [-0.2, -0.15) is 5.10 Å². The maximum Gasteiger partial charge on any atom is 0.225 e. The van der Waals surface area contributed by atoms with Crippen molar-refractivity contribution in [2.24, 2.45) is 13.0 Å². The average molecular weight is 328 g/mol. The Balaban J connectivity index is 1.64. The Kier molecular flexibility index (Phi) is 5.27. The molecular weight excluding hydrogens is 304 g/mol. The van der Waals surface area contributed by atoms with Crippen molar-refractivity contribution >= 4 is 5.91 Å². The number of methoxy groups -OCH3 is 1. The summed E-state index contributed by atoms with van der Waals surface area (Å²) in [5.41, 5.74) is 3.31. The molecule has 1 aliphatic heterocycles. The first-order valence-electron chi connectivity index (χ1n) is 8.21. The van der Waals surface area contributed by atoms with E-state index < -0.39 is 0 Å². The number of amides is 1. The maximum absolute atomic E-state index is 12.7. The van der Waals surface area contributed by atoms with Crippen LogP contribution in [-0.2, 0) is 29.7 Å². The summed E-state index contributed by atoms with van der Waals surface area (Å²) >= 11 is 0. The van der Waals surface area contributed by atoms with Gasteiger partial charge >= 0.3 is 0 Å². The van der Waals surface area contributed by atoms with Crippen LogP contribution < -0.4 is 10.6 Å². The number of benzene rings is 1. The van der Waals surface area contributed by atoms with Gasteiger partial charge < -0.3 is 15.4 Å². The summed E-state index contributed by atoms with van der Waals surface area (Å²) in [5, 5.41) is 10.6. The fourth-order valence-electron chi connectivity index (χ4n) is 3.28. The van der Waals surface area contributed by atoms with Crippen molar-refractivity contribution in [1.82, 2.24) is 20.4 Å². The van der Waals surface area contributed by atoms with Gasteiger partial charge in [0.05, 0.1) is 18.7 Å². The number of rotatable bonds is 6. The van der Waals surface area contributed by atoms with E-state index in [1.54, 1.807) is 11.8 Å². The van der Waals surface area contributed by atoms with E-state index in [1.165, 1.54) is 0 Å². The first kappa shape index (κ1) is 16.7. The highest BCUT2D eigenvalue weighted by atomic mass is 16.5. The molecule has 3 rings (SSSR count). The highest BCUT2D eigenvalue weighted by molar-refractivity contribution is 5.80. The molecule has 0 spiro atoms. The zero-order valence-corrected chi connectivity index (χ0v) is 14.2. The summed E-state index contributed by atoms with van der Waals surface area (Å²) in [5.74, 6) is 0.192. The number of hydrogen-bond acceptors (Lipinski definition) is 4. The summed E-state index contributed by atoms with van der Waals surface area (Å²) < 4.78 is 7.00. The topological polar surface area (TPSA) is 68.2 Å². The molecule has 128 valence electrons. The lowest BCUT2D eigenvalue weighted by atomic mass is 9.90. The molecule has 0 saturated carbocycles. The molecule has 6 heteroatoms. The summed E-state index contributed by atoms with van der Waals surface area (Å²) in [7, 11) is 3.58. The minimum atomic E-state index is -0.0659. The zero-order valence-electron chi connectivity index (χ0n) is 14.2. The second kappa shape index (κ2) is 7.59. The number of carbonyl (C=O) groups is 1. The van der Waals surface area contributed by atoms with Crippen LogP contribution >= 0.6 is 0 Å². The van der Waals surface area contributed by atoms with Crippen LogP contribution in [0, 0.1) is 5.92 Å². The Hall–Kier alpha value is -2.18. The number of hydrogen-bond donors (Lipinski definition) is 2. The third kappa shape index (κ3) is 3.66. The third-order valence-electron chi connectivity index (χ3n) is 4.58. The van der Waals surface area contributed by atoms with Gasteiger partial charge in [-0.05, 0) is 16.7 Å². The molecule has 1 aliphatic rings. The van der Waals surface area contributed by atoms with Crippen LogP contribution in [0.5, 0.6) is 0 Å². The first-order valence-corrected chi connectivity index (χ1v) is 8.21. The molecule has 2 N–H and O–H groups in total. The molecule has 1 aromatic heterocycles. The van der Waals surface area contributed by atoms with Crippen LogP contribution in [0.25, 0.3) is 0 Å². The number of carbonyl (C=O) groups excluding carboxylic acids is 1. The normalized spacial score (nSPS) is 20.2. The summed E-state index contributed by atoms with van der Waals surface area (Å²) in [6.07, 6.45) is 3.84. The average Bonchev–Trinajstić information content (AvgIpc) is 3.22. The molecule has 6 nitrogen and oxygen atoms in total. The highest BCUT2D eigenvalue weighted by Gasteiger charge is 2.34. The molecule has 2 aromatic rings. The predicted molar refractivity (Wildman–Crippen MR) is 91.3 cm³/mol. The lowest BCUT2D eigenvalue weighted by Gasteiger charge is -2.18. The molecule has 0 bridgehead atoms. The summed E-state index contributed by atoms with van der Waals surface area (Å²) in [6.45, 7) is 2.58. The van der Waals surface area contributed by atoms with Gasteiger partial charge in [-0.3, -0.25) is 9.48 Å². The van der Waals surface area contributed by atoms with Crippen molar-refractivity contribution in [2.45, 2.75) is 19.1 Å². The van der Waals surface area contributed by atoms with E-state index in [2.05, 4.69) is 15.7 Å². The van der Waals surface area contributed by atoms with Crippen LogP contribution in [0.3, 0.4) is 0 Å². The minimum Gasteiger partial charge on any atom is -0.380 e. The van der Waals surface area contributed by atoms with Crippen LogP contribution in [-0.4, -0.2) is 35.9 Å². The maximum atomic E-state index is 12.7. The lowest BCUT2D eigenvalue weighted by molar-refractivity contribution is -0.125. The molecule has 1 aromatic carbocycles. The third-order valence-corrected chi connectivity index (χ3v) is 4.58. The van der Waals surface area contributed by atoms with Crippen LogP contribution in [0.2, 0.25) is 0 Å². The fourth-order valence-corrected chi connectivity index (χ4v) is 3.28. The quantitative estimate of drug-likeness (QED) is 0.836. The van der Waals surface area contributed by atoms with E-state index in [9.17, 15) is 4.79 Å². The number of nitrogens with zero attached hydrogens (tertiary/aromatic N) is 2. The van der Waals surface area contributed by atoms with Gasteiger partial charge in [0.25, 0.3) is 0 Å². The molecule has 0 aliphatic carbocycles. The number of nitrogens with one attached hydrogen (secondary N) is 2. The van der Waals surface area contributed by atoms with Crippen LogP contribution in [0.1, 0.15) is 22.6 Å². The molecule has 1 saturated heterocycles. The number of aryl methyl sites for hydroxylation is 1. The van der Waals surface area contributed by atoms with Crippen molar-refractivity contribution in [1.29, 1.82) is 0 Å². The standard InChI is InChI=1S/C18H24N4O2/c1-22-11-15(8-21-22)16-9-19-10-17(16)18(23)20-7-13-5-3-4-6-14(13)12-24-2/h3-6,8,11,16-17,19H,7,9-10,12H2,1-2H3,(H,20,23)/t16-,17+/m1/s1. The highest BCUT2D eigenvalue weighted by Crippen LogP contribution is 2.28. The van der Waals surface area contributed by atoms with Gasteiger partial charge in [-0.15, -0.1) is 0 Å². The van der Waals surface area contributed by atoms with Gasteiger partial charge in [0.15, 0.2) is 0 Å². The van der Waals surface area contributed by atoms with Crippen molar-refractivity contribution in [3.05, 3.63) is 53.3 Å². The molecule has 2 heterocycles. The second-order valence-electron chi connectivity index (χ2n) is 6.24. The molecule has 1 fully saturated rings. The Morgan fingerprint density at radius 1 is 1.38 bits per heavy atom. The van der Waals surface area contributed by atoms with Gasteiger partial charge in [0.1, 0.15) is 0 Å². The van der Waals surface area contributed by atoms with Gasteiger partial charge in [0.2, 0.25) is 5.91 Å². The first-order chi connectivity index (χ1) is 11.7. The van der Waals surface area contributed by atoms with Gasteiger partial charge in [-0.1, -0.05) is 24.3 Å². The van der Waals surface area contributed by atoms with Crippen molar-refractivity contribution in [3.8, 4) is 0 Å². The van der Waals surface area contributed by atoms with E-state index in [0.29, 0.717) is 19.7 Å². The van der Waals surface area contributed by atoms with E-state index >= 15 is 0 Å². The summed E-state index contributed by atoms with van der Waals surface area (Å²) in [6, 6.07) is 8.02. The molecule has 24 heavy (non-hydrogen) atoms. The number of ether oxygens (including phenoxy) is 1. The van der Waals surface area contributed by atoms with Gasteiger partial charge in [-0.25, -0.2) is 0 Å². The Bertz CT molecular complexity index is 698. The van der Waals surface area contributed by atoms with Crippen LogP contribution in [0.4, 0.5) is 0 Å². The van der Waals surface area contributed by atoms with E-state index in [4.69, 9.17) is 4.74 Å². The molecule has 0 radical (unpaired) electrons. The Morgan fingerprint density at radius 2 is 2.17 bits per heavy atom. The zero-order chi connectivity index (χ0) is 16.9. The second-order valence-corrected chi connectivity index (χ2v) is 6.24. The summed E-state index contributed by atoms with van der Waals surface area (Å²) in [4.78, 5) is 12.7. The Labute approximate surface area is 142 Å².